The van der Waals surface area contributed by atoms with E-state index in [9.17, 15) is 15.0 Å². The normalized spacial score (nSPS) is 13.5. The van der Waals surface area contributed by atoms with Crippen molar-refractivity contribution in [3.63, 3.8) is 0 Å². The minimum Gasteiger partial charge on any atom is -0.508 e. The first kappa shape index (κ1) is 20.0. The van der Waals surface area contributed by atoms with E-state index in [1.807, 2.05) is 42.5 Å². The van der Waals surface area contributed by atoms with Crippen LogP contribution in [0.1, 0.15) is 27.0 Å². The van der Waals surface area contributed by atoms with Crippen molar-refractivity contribution in [2.24, 2.45) is 0 Å². The first-order valence-electron chi connectivity index (χ1n) is 9.73. The molecule has 0 amide bonds. The van der Waals surface area contributed by atoms with E-state index in [1.165, 1.54) is 0 Å². The van der Waals surface area contributed by atoms with Gasteiger partial charge in [-0.05, 0) is 42.5 Å². The fourth-order valence-corrected chi connectivity index (χ4v) is 3.66. The number of esters is 1. The lowest BCUT2D eigenvalue weighted by Crippen LogP contribution is -2.29. The van der Waals surface area contributed by atoms with Gasteiger partial charge in [-0.25, -0.2) is 4.79 Å². The molecule has 0 aliphatic carbocycles. The Morgan fingerprint density at radius 3 is 1.61 bits per heavy atom. The smallest absolute Gasteiger partial charge is 0.340 e. The zero-order chi connectivity index (χ0) is 21.8. The van der Waals surface area contributed by atoms with Crippen LogP contribution in [0.4, 0.5) is 5.69 Å². The summed E-state index contributed by atoms with van der Waals surface area (Å²) in [6.07, 6.45) is 0. The summed E-state index contributed by atoms with van der Waals surface area (Å²) in [6, 6.07) is 29.9. The number of cyclic esters (lactones) is 1. The standard InChI is InChI=1S/C20H14O4.C6H7N/c21-15-9-5-13(6-10-15)20(14-7-11-16(22)12-8-14)18-4-2-1-3-17(18)19(23)24-20;7-6-4-2-1-3-5-6/h1-12,21-22H;1-5H,7H2. The van der Waals surface area contributed by atoms with Crippen LogP contribution in [0.3, 0.4) is 0 Å². The fourth-order valence-electron chi connectivity index (χ4n) is 3.66. The number of anilines is 1. The maximum absolute atomic E-state index is 12.4. The molecular weight excluding hydrogens is 390 g/mol. The minimum absolute atomic E-state index is 0.136. The van der Waals surface area contributed by atoms with Gasteiger partial charge in [-0.2, -0.15) is 0 Å². The van der Waals surface area contributed by atoms with Gasteiger partial charge < -0.3 is 20.7 Å². The number of nitrogens with two attached hydrogens (primary N) is 1. The molecular formula is C26H21NO4. The Balaban J connectivity index is 0.000000282. The van der Waals surface area contributed by atoms with Crippen molar-refractivity contribution in [1.82, 2.24) is 0 Å². The molecule has 0 saturated carbocycles. The molecule has 1 aliphatic heterocycles. The van der Waals surface area contributed by atoms with Crippen LogP contribution in [0.15, 0.2) is 103 Å². The van der Waals surface area contributed by atoms with Crippen molar-refractivity contribution in [3.8, 4) is 11.5 Å². The monoisotopic (exact) mass is 411 g/mol. The van der Waals surface area contributed by atoms with E-state index in [4.69, 9.17) is 10.5 Å². The third-order valence-electron chi connectivity index (χ3n) is 5.12. The highest BCUT2D eigenvalue weighted by Gasteiger charge is 2.48. The average Bonchev–Trinajstić information content (AvgIpc) is 3.09. The predicted octanol–water partition coefficient (Wildman–Crippen LogP) is 4.83. The summed E-state index contributed by atoms with van der Waals surface area (Å²) >= 11 is 0. The first-order chi connectivity index (χ1) is 15.0. The molecule has 4 N–H and O–H groups in total. The number of fused-ring (bicyclic) bond motifs is 1. The second-order valence-corrected chi connectivity index (χ2v) is 7.12. The maximum Gasteiger partial charge on any atom is 0.340 e. The quantitative estimate of drug-likeness (QED) is 0.325. The number of phenols is 2. The Morgan fingerprint density at radius 2 is 1.13 bits per heavy atom. The van der Waals surface area contributed by atoms with E-state index in [2.05, 4.69) is 0 Å². The number of benzene rings is 4. The molecule has 0 atom stereocenters. The van der Waals surface area contributed by atoms with Gasteiger partial charge in [0.05, 0.1) is 5.56 Å². The molecule has 1 heterocycles. The van der Waals surface area contributed by atoms with E-state index in [-0.39, 0.29) is 11.5 Å². The molecule has 5 heteroatoms. The fraction of sp³-hybridized carbons (Fsp3) is 0.0385. The van der Waals surface area contributed by atoms with Crippen LogP contribution >= 0.6 is 0 Å². The number of phenolic OH excluding ortho intramolecular Hbond substituents is 2. The Labute approximate surface area is 180 Å². The third-order valence-corrected chi connectivity index (χ3v) is 5.12. The molecule has 31 heavy (non-hydrogen) atoms. The van der Waals surface area contributed by atoms with Gasteiger partial charge in [0.25, 0.3) is 0 Å². The molecule has 0 spiro atoms. The van der Waals surface area contributed by atoms with E-state index in [0.29, 0.717) is 5.56 Å². The molecule has 154 valence electrons. The van der Waals surface area contributed by atoms with Gasteiger partial charge in [-0.15, -0.1) is 0 Å². The molecule has 0 aromatic heterocycles. The minimum atomic E-state index is -1.10. The van der Waals surface area contributed by atoms with E-state index in [1.54, 1.807) is 60.7 Å². The second kappa shape index (κ2) is 8.24. The SMILES string of the molecule is Nc1ccccc1.O=C1OC(c2ccc(O)cc2)(c2ccc(O)cc2)c2ccccc21. The van der Waals surface area contributed by atoms with Crippen LogP contribution in [0.2, 0.25) is 0 Å². The van der Waals surface area contributed by atoms with Crippen LogP contribution in [0.25, 0.3) is 0 Å². The Hall–Kier alpha value is -4.25. The van der Waals surface area contributed by atoms with Crippen LogP contribution in [0.5, 0.6) is 11.5 Å². The van der Waals surface area contributed by atoms with Gasteiger partial charge in [0.15, 0.2) is 5.60 Å². The summed E-state index contributed by atoms with van der Waals surface area (Å²) in [6.45, 7) is 0. The van der Waals surface area contributed by atoms with E-state index >= 15 is 0 Å². The topological polar surface area (TPSA) is 92.8 Å². The number of rotatable bonds is 2. The summed E-state index contributed by atoms with van der Waals surface area (Å²) in [7, 11) is 0. The highest BCUT2D eigenvalue weighted by molar-refractivity contribution is 5.96. The molecule has 0 radical (unpaired) electrons. The second-order valence-electron chi connectivity index (χ2n) is 7.12. The number of hydrogen-bond donors (Lipinski definition) is 3. The number of para-hydroxylation sites is 1. The Bertz CT molecular complexity index is 1140. The third kappa shape index (κ3) is 3.81. The van der Waals surface area contributed by atoms with Crippen LogP contribution in [-0.4, -0.2) is 16.2 Å². The predicted molar refractivity (Wildman–Crippen MR) is 119 cm³/mol. The molecule has 1 aliphatic rings. The molecule has 0 unspecified atom stereocenters. The summed E-state index contributed by atoms with van der Waals surface area (Å²) in [4.78, 5) is 12.4. The lowest BCUT2D eigenvalue weighted by Gasteiger charge is -2.30. The van der Waals surface area contributed by atoms with Gasteiger partial charge >= 0.3 is 5.97 Å². The van der Waals surface area contributed by atoms with Crippen LogP contribution in [0, 0.1) is 0 Å². The van der Waals surface area contributed by atoms with Gasteiger partial charge in [0, 0.05) is 22.4 Å². The molecule has 0 fully saturated rings. The summed E-state index contributed by atoms with van der Waals surface area (Å²) in [5, 5.41) is 19.2. The number of carbonyl (C=O) groups is 1. The average molecular weight is 411 g/mol. The van der Waals surface area contributed by atoms with Gasteiger partial charge in [-0.1, -0.05) is 60.7 Å². The molecule has 0 bridgehead atoms. The van der Waals surface area contributed by atoms with Gasteiger partial charge in [0.1, 0.15) is 11.5 Å². The number of hydrogen-bond acceptors (Lipinski definition) is 5. The van der Waals surface area contributed by atoms with Crippen LogP contribution in [-0.2, 0) is 10.3 Å². The zero-order valence-corrected chi connectivity index (χ0v) is 16.6. The largest absolute Gasteiger partial charge is 0.508 e. The van der Waals surface area contributed by atoms with E-state index < -0.39 is 11.6 Å². The Morgan fingerprint density at radius 1 is 0.645 bits per heavy atom. The number of ether oxygens (including phenoxy) is 1. The highest BCUT2D eigenvalue weighted by Crippen LogP contribution is 2.47. The lowest BCUT2D eigenvalue weighted by molar-refractivity contribution is 0.0251. The summed E-state index contributed by atoms with van der Waals surface area (Å²) in [5.41, 5.74) is 7.78. The van der Waals surface area contributed by atoms with Gasteiger partial charge in [0.2, 0.25) is 0 Å². The number of carbonyl (C=O) groups excluding carboxylic acids is 1. The number of aromatic hydroxyl groups is 2. The van der Waals surface area contributed by atoms with Crippen molar-refractivity contribution in [2.45, 2.75) is 5.60 Å². The molecule has 0 saturated heterocycles. The zero-order valence-electron chi connectivity index (χ0n) is 16.6. The first-order valence-corrected chi connectivity index (χ1v) is 9.73. The van der Waals surface area contributed by atoms with Crippen molar-refractivity contribution in [2.75, 3.05) is 5.73 Å². The van der Waals surface area contributed by atoms with Gasteiger partial charge in [-0.3, -0.25) is 0 Å². The summed E-state index contributed by atoms with van der Waals surface area (Å²) in [5.74, 6) is -0.124. The van der Waals surface area contributed by atoms with Crippen molar-refractivity contribution in [1.29, 1.82) is 0 Å². The molecule has 4 aromatic rings. The Kier molecular flexibility index (Phi) is 5.33. The summed E-state index contributed by atoms with van der Waals surface area (Å²) < 4.78 is 5.87. The highest BCUT2D eigenvalue weighted by atomic mass is 16.6. The molecule has 5 nitrogen and oxygen atoms in total. The van der Waals surface area contributed by atoms with Crippen molar-refractivity contribution in [3.05, 3.63) is 125 Å². The molecule has 4 aromatic carbocycles. The molecule has 5 rings (SSSR count). The lowest BCUT2D eigenvalue weighted by atomic mass is 9.80. The maximum atomic E-state index is 12.4. The van der Waals surface area contributed by atoms with Crippen molar-refractivity contribution < 1.29 is 19.7 Å². The number of nitrogen functional groups attached to an aromatic ring is 1. The van der Waals surface area contributed by atoms with E-state index in [0.717, 1.165) is 22.4 Å². The van der Waals surface area contributed by atoms with Crippen molar-refractivity contribution >= 4 is 11.7 Å². The van der Waals surface area contributed by atoms with Crippen LogP contribution < -0.4 is 5.73 Å².